The molecule has 1 heterocycles. The summed E-state index contributed by atoms with van der Waals surface area (Å²) < 4.78 is 0. The van der Waals surface area contributed by atoms with Gasteiger partial charge < -0.3 is 5.32 Å². The zero-order valence-corrected chi connectivity index (χ0v) is 17.5. The minimum atomic E-state index is -0.335. The Labute approximate surface area is 184 Å². The number of amides is 3. The zero-order valence-electron chi connectivity index (χ0n) is 16.7. The average molecular weight is 429 g/mol. The minimum Gasteiger partial charge on any atom is -0.350 e. The third-order valence-electron chi connectivity index (χ3n) is 4.85. The Kier molecular flexibility index (Phi) is 6.29. The minimum absolute atomic E-state index is 0.121. The Balaban J connectivity index is 1.40. The zero-order chi connectivity index (χ0) is 21.6. The van der Waals surface area contributed by atoms with Gasteiger partial charge in [-0.05, 0) is 40.6 Å². The lowest BCUT2D eigenvalue weighted by atomic mass is 9.99. The highest BCUT2D eigenvalue weighted by Crippen LogP contribution is 2.31. The van der Waals surface area contributed by atoms with Gasteiger partial charge in [-0.3, -0.25) is 19.3 Å². The number of imide groups is 1. The van der Waals surface area contributed by atoms with Crippen LogP contribution in [0.5, 0.6) is 0 Å². The van der Waals surface area contributed by atoms with Crippen molar-refractivity contribution in [2.45, 2.75) is 0 Å². The average Bonchev–Trinajstić information content (AvgIpc) is 3.07. The summed E-state index contributed by atoms with van der Waals surface area (Å²) in [6, 6.07) is 26.4. The number of carbonyl (C=O) groups is 3. The van der Waals surface area contributed by atoms with E-state index in [0.29, 0.717) is 10.5 Å². The lowest BCUT2D eigenvalue weighted by molar-refractivity contribution is -0.122. The quantitative estimate of drug-likeness (QED) is 0.572. The third-order valence-corrected chi connectivity index (χ3v) is 5.76. The van der Waals surface area contributed by atoms with Gasteiger partial charge in [0.15, 0.2) is 0 Å². The fraction of sp³-hybridized carbons (Fsp3) is 0.0800. The van der Waals surface area contributed by atoms with Crippen molar-refractivity contribution in [3.05, 3.63) is 101 Å². The predicted octanol–water partition coefficient (Wildman–Crippen LogP) is 4.82. The largest absolute Gasteiger partial charge is 0.350 e. The van der Waals surface area contributed by atoms with Crippen molar-refractivity contribution in [1.29, 1.82) is 0 Å². The predicted molar refractivity (Wildman–Crippen MR) is 123 cm³/mol. The van der Waals surface area contributed by atoms with E-state index >= 15 is 0 Å². The first-order chi connectivity index (χ1) is 15.1. The molecule has 0 atom stereocenters. The Hall–Kier alpha value is -3.64. The van der Waals surface area contributed by atoms with Gasteiger partial charge in [-0.25, -0.2) is 0 Å². The van der Waals surface area contributed by atoms with E-state index in [0.717, 1.165) is 28.5 Å². The number of carbonyl (C=O) groups excluding carboxylic acids is 3. The van der Waals surface area contributed by atoms with Gasteiger partial charge in [0, 0.05) is 18.7 Å². The molecule has 0 bridgehead atoms. The van der Waals surface area contributed by atoms with Crippen LogP contribution >= 0.6 is 11.8 Å². The number of rotatable bonds is 6. The number of nitrogens with zero attached hydrogens (tertiary/aromatic N) is 1. The van der Waals surface area contributed by atoms with Crippen molar-refractivity contribution in [1.82, 2.24) is 10.2 Å². The molecule has 0 unspecified atom stereocenters. The molecule has 1 saturated heterocycles. The normalized spacial score (nSPS) is 14.8. The third kappa shape index (κ3) is 4.75. The van der Waals surface area contributed by atoms with Gasteiger partial charge in [-0.1, -0.05) is 78.9 Å². The molecule has 3 amide bonds. The first-order valence-electron chi connectivity index (χ1n) is 9.86. The summed E-state index contributed by atoms with van der Waals surface area (Å²) in [5.41, 5.74) is 3.19. The van der Waals surface area contributed by atoms with Crippen molar-refractivity contribution in [2.75, 3.05) is 13.1 Å². The maximum absolute atomic E-state index is 12.8. The molecule has 3 aromatic rings. The lowest BCUT2D eigenvalue weighted by Crippen LogP contribution is -2.37. The monoisotopic (exact) mass is 428 g/mol. The molecule has 0 aliphatic carbocycles. The molecule has 1 fully saturated rings. The number of hydrogen-bond acceptors (Lipinski definition) is 4. The summed E-state index contributed by atoms with van der Waals surface area (Å²) in [5, 5.41) is 2.50. The van der Waals surface area contributed by atoms with Crippen LogP contribution in [0.3, 0.4) is 0 Å². The molecule has 5 nitrogen and oxygen atoms in total. The first-order valence-corrected chi connectivity index (χ1v) is 10.7. The maximum Gasteiger partial charge on any atom is 0.293 e. The van der Waals surface area contributed by atoms with Crippen LogP contribution in [0.1, 0.15) is 15.9 Å². The SMILES string of the molecule is O=C(NCCN1C(=O)S/C(=C\c2ccccc2)C1=O)c1ccccc1-c1ccccc1. The molecule has 3 aromatic carbocycles. The molecule has 0 radical (unpaired) electrons. The van der Waals surface area contributed by atoms with Gasteiger partial charge >= 0.3 is 0 Å². The van der Waals surface area contributed by atoms with Gasteiger partial charge in [0.05, 0.1) is 4.91 Å². The van der Waals surface area contributed by atoms with Crippen LogP contribution in [-0.2, 0) is 4.79 Å². The number of benzene rings is 3. The van der Waals surface area contributed by atoms with Crippen molar-refractivity contribution >= 4 is 34.9 Å². The van der Waals surface area contributed by atoms with Crippen LogP contribution in [0.15, 0.2) is 89.8 Å². The maximum atomic E-state index is 12.8. The van der Waals surface area contributed by atoms with Gasteiger partial charge in [0.1, 0.15) is 0 Å². The second-order valence-electron chi connectivity index (χ2n) is 6.91. The van der Waals surface area contributed by atoms with Crippen molar-refractivity contribution in [3.63, 3.8) is 0 Å². The van der Waals surface area contributed by atoms with E-state index < -0.39 is 0 Å². The highest BCUT2D eigenvalue weighted by Gasteiger charge is 2.34. The van der Waals surface area contributed by atoms with Crippen LogP contribution in [0.25, 0.3) is 17.2 Å². The number of hydrogen-bond donors (Lipinski definition) is 1. The van der Waals surface area contributed by atoms with E-state index in [1.165, 1.54) is 4.90 Å². The molecule has 1 N–H and O–H groups in total. The molecule has 31 heavy (non-hydrogen) atoms. The molecular weight excluding hydrogens is 408 g/mol. The molecule has 154 valence electrons. The van der Waals surface area contributed by atoms with Gasteiger partial charge in [0.25, 0.3) is 17.1 Å². The van der Waals surface area contributed by atoms with Gasteiger partial charge in [-0.2, -0.15) is 0 Å². The summed E-state index contributed by atoms with van der Waals surface area (Å²) in [4.78, 5) is 39.2. The Bertz CT molecular complexity index is 1140. The highest BCUT2D eigenvalue weighted by atomic mass is 32.2. The summed E-state index contributed by atoms with van der Waals surface area (Å²) in [5.74, 6) is -0.580. The number of thioether (sulfide) groups is 1. The van der Waals surface area contributed by atoms with E-state index in [1.807, 2.05) is 78.9 Å². The Morgan fingerprint density at radius 3 is 2.26 bits per heavy atom. The standard InChI is InChI=1S/C25H20N2O3S/c28-23(21-14-8-7-13-20(21)19-11-5-2-6-12-19)26-15-16-27-24(29)22(31-25(27)30)17-18-9-3-1-4-10-18/h1-14,17H,15-16H2,(H,26,28)/b22-17-. The summed E-state index contributed by atoms with van der Waals surface area (Å²) in [7, 11) is 0. The van der Waals surface area contributed by atoms with E-state index in [2.05, 4.69) is 5.32 Å². The van der Waals surface area contributed by atoms with Crippen LogP contribution < -0.4 is 5.32 Å². The number of nitrogens with one attached hydrogen (secondary N) is 1. The van der Waals surface area contributed by atoms with E-state index in [4.69, 9.17) is 0 Å². The topological polar surface area (TPSA) is 66.5 Å². The molecule has 1 aliphatic rings. The van der Waals surface area contributed by atoms with Crippen molar-refractivity contribution in [3.8, 4) is 11.1 Å². The molecule has 0 spiro atoms. The van der Waals surface area contributed by atoms with Crippen LogP contribution in [0, 0.1) is 0 Å². The summed E-state index contributed by atoms with van der Waals surface area (Å²) in [6.45, 7) is 0.300. The second-order valence-corrected chi connectivity index (χ2v) is 7.90. The van der Waals surface area contributed by atoms with Crippen LogP contribution in [-0.4, -0.2) is 35.0 Å². The smallest absolute Gasteiger partial charge is 0.293 e. The molecule has 4 rings (SSSR count). The fourth-order valence-electron chi connectivity index (χ4n) is 3.32. The van der Waals surface area contributed by atoms with Crippen LogP contribution in [0.4, 0.5) is 4.79 Å². The van der Waals surface area contributed by atoms with Gasteiger partial charge in [-0.15, -0.1) is 0 Å². The fourth-order valence-corrected chi connectivity index (χ4v) is 4.19. The van der Waals surface area contributed by atoms with E-state index in [1.54, 1.807) is 12.1 Å². The van der Waals surface area contributed by atoms with Crippen molar-refractivity contribution in [2.24, 2.45) is 0 Å². The molecule has 0 saturated carbocycles. The summed E-state index contributed by atoms with van der Waals surface area (Å²) in [6.07, 6.45) is 1.71. The molecular formula is C25H20N2O3S. The Morgan fingerprint density at radius 2 is 1.52 bits per heavy atom. The molecule has 0 aromatic heterocycles. The first kappa shape index (κ1) is 20.6. The van der Waals surface area contributed by atoms with E-state index in [9.17, 15) is 14.4 Å². The van der Waals surface area contributed by atoms with Gasteiger partial charge in [0.2, 0.25) is 0 Å². The highest BCUT2D eigenvalue weighted by molar-refractivity contribution is 8.18. The van der Waals surface area contributed by atoms with E-state index in [-0.39, 0.29) is 30.1 Å². The lowest BCUT2D eigenvalue weighted by Gasteiger charge is -2.14. The molecule has 1 aliphatic heterocycles. The Morgan fingerprint density at radius 1 is 0.871 bits per heavy atom. The molecule has 6 heteroatoms. The second kappa shape index (κ2) is 9.45. The van der Waals surface area contributed by atoms with Crippen LogP contribution in [0.2, 0.25) is 0 Å². The van der Waals surface area contributed by atoms with Crippen molar-refractivity contribution < 1.29 is 14.4 Å². The summed E-state index contributed by atoms with van der Waals surface area (Å²) >= 11 is 0.917.